The number of nitrogens with zero attached hydrogens (tertiary/aromatic N) is 4. The first-order chi connectivity index (χ1) is 12.1. The standard InChI is InChI=1S/C18H17N5OS/c1-10-15(12-6-4-5-7-14(12)22-10)16(24)11(2)25-18-13-8-21-23(3)17(13)19-9-20-18/h4-9,11,22H,1-3H3. The first-order valence-electron chi connectivity index (χ1n) is 7.97. The Labute approximate surface area is 148 Å². The predicted octanol–water partition coefficient (Wildman–Crippen LogP) is 3.52. The Balaban J connectivity index is 1.69. The first-order valence-corrected chi connectivity index (χ1v) is 8.85. The van der Waals surface area contributed by atoms with Crippen molar-refractivity contribution in [1.29, 1.82) is 0 Å². The van der Waals surface area contributed by atoms with Crippen LogP contribution in [0.3, 0.4) is 0 Å². The lowest BCUT2D eigenvalue weighted by Crippen LogP contribution is -2.14. The van der Waals surface area contributed by atoms with Crippen LogP contribution in [0.1, 0.15) is 23.0 Å². The molecule has 1 atom stereocenters. The largest absolute Gasteiger partial charge is 0.358 e. The summed E-state index contributed by atoms with van der Waals surface area (Å²) >= 11 is 1.44. The van der Waals surface area contributed by atoms with Crippen molar-refractivity contribution in [1.82, 2.24) is 24.7 Å². The van der Waals surface area contributed by atoms with Crippen molar-refractivity contribution in [3.63, 3.8) is 0 Å². The quantitative estimate of drug-likeness (QED) is 0.346. The highest BCUT2D eigenvalue weighted by Gasteiger charge is 2.23. The lowest BCUT2D eigenvalue weighted by atomic mass is 10.1. The maximum absolute atomic E-state index is 13.1. The number of rotatable bonds is 4. The molecule has 3 aromatic heterocycles. The van der Waals surface area contributed by atoms with Crippen molar-refractivity contribution < 1.29 is 4.79 Å². The van der Waals surface area contributed by atoms with E-state index in [1.54, 1.807) is 10.9 Å². The van der Waals surface area contributed by atoms with Crippen LogP contribution in [0, 0.1) is 6.92 Å². The van der Waals surface area contributed by atoms with Gasteiger partial charge in [-0.2, -0.15) is 5.10 Å². The number of para-hydroxylation sites is 1. The maximum atomic E-state index is 13.1. The zero-order valence-electron chi connectivity index (χ0n) is 14.1. The number of fused-ring (bicyclic) bond motifs is 2. The monoisotopic (exact) mass is 351 g/mol. The number of hydrogen-bond acceptors (Lipinski definition) is 5. The van der Waals surface area contributed by atoms with Gasteiger partial charge in [0.25, 0.3) is 0 Å². The zero-order valence-corrected chi connectivity index (χ0v) is 15.0. The molecule has 3 heterocycles. The topological polar surface area (TPSA) is 76.5 Å². The zero-order chi connectivity index (χ0) is 17.6. The summed E-state index contributed by atoms with van der Waals surface area (Å²) in [6, 6.07) is 7.88. The number of carbonyl (C=O) groups excluding carboxylic acids is 1. The van der Waals surface area contributed by atoms with Crippen LogP contribution in [-0.4, -0.2) is 35.8 Å². The molecule has 0 radical (unpaired) electrons. The van der Waals surface area contributed by atoms with Gasteiger partial charge in [-0.1, -0.05) is 30.0 Å². The molecule has 0 aliphatic rings. The molecule has 0 aliphatic carbocycles. The average molecular weight is 351 g/mol. The van der Waals surface area contributed by atoms with Gasteiger partial charge in [0.15, 0.2) is 11.4 Å². The Hall–Kier alpha value is -2.67. The van der Waals surface area contributed by atoms with Crippen molar-refractivity contribution >= 4 is 39.5 Å². The summed E-state index contributed by atoms with van der Waals surface area (Å²) in [7, 11) is 1.84. The van der Waals surface area contributed by atoms with Crippen LogP contribution in [0.2, 0.25) is 0 Å². The number of thioether (sulfide) groups is 1. The van der Waals surface area contributed by atoms with Crippen molar-refractivity contribution in [3.8, 4) is 0 Å². The summed E-state index contributed by atoms with van der Waals surface area (Å²) in [5.74, 6) is 0.0932. The third kappa shape index (κ3) is 2.60. The van der Waals surface area contributed by atoms with E-state index in [0.29, 0.717) is 0 Å². The molecule has 0 bridgehead atoms. The molecule has 4 aromatic rings. The van der Waals surface area contributed by atoms with Crippen LogP contribution < -0.4 is 0 Å². The molecule has 0 spiro atoms. The van der Waals surface area contributed by atoms with Gasteiger partial charge in [-0.15, -0.1) is 0 Å². The molecule has 1 unspecified atom stereocenters. The fourth-order valence-electron chi connectivity index (χ4n) is 3.05. The van der Waals surface area contributed by atoms with E-state index in [4.69, 9.17) is 0 Å². The van der Waals surface area contributed by atoms with E-state index in [0.717, 1.165) is 38.2 Å². The molecule has 6 nitrogen and oxygen atoms in total. The number of ketones is 1. The summed E-state index contributed by atoms with van der Waals surface area (Å²) in [6.45, 7) is 3.85. The summed E-state index contributed by atoms with van der Waals surface area (Å²) in [5.41, 5.74) is 3.40. The molecule has 1 aromatic carbocycles. The maximum Gasteiger partial charge on any atom is 0.178 e. The predicted molar refractivity (Wildman–Crippen MR) is 99.0 cm³/mol. The van der Waals surface area contributed by atoms with Gasteiger partial charge in [0.05, 0.1) is 16.8 Å². The number of Topliss-reactive ketones (excluding diaryl/α,β-unsaturated/α-hetero) is 1. The number of aromatic nitrogens is 5. The van der Waals surface area contributed by atoms with E-state index in [1.165, 1.54) is 18.1 Å². The Kier molecular flexibility index (Phi) is 3.80. The Morgan fingerprint density at radius 3 is 2.88 bits per heavy atom. The minimum absolute atomic E-state index is 0.0932. The number of carbonyl (C=O) groups is 1. The van der Waals surface area contributed by atoms with Gasteiger partial charge in [0.2, 0.25) is 0 Å². The van der Waals surface area contributed by atoms with Crippen LogP contribution in [-0.2, 0) is 7.05 Å². The molecule has 0 aliphatic heterocycles. The number of benzene rings is 1. The van der Waals surface area contributed by atoms with Gasteiger partial charge in [0, 0.05) is 29.2 Å². The van der Waals surface area contributed by atoms with Gasteiger partial charge in [-0.25, -0.2) is 9.97 Å². The van der Waals surface area contributed by atoms with Crippen LogP contribution >= 0.6 is 11.8 Å². The van der Waals surface area contributed by atoms with E-state index in [1.807, 2.05) is 45.2 Å². The molecular weight excluding hydrogens is 334 g/mol. The van der Waals surface area contributed by atoms with Crippen LogP contribution in [0.5, 0.6) is 0 Å². The Bertz CT molecular complexity index is 1100. The fraction of sp³-hybridized carbons (Fsp3) is 0.222. The minimum Gasteiger partial charge on any atom is -0.358 e. The fourth-order valence-corrected chi connectivity index (χ4v) is 3.99. The summed E-state index contributed by atoms with van der Waals surface area (Å²) in [5, 5.41) is 6.56. The molecule has 0 saturated heterocycles. The molecule has 4 rings (SSSR count). The highest BCUT2D eigenvalue weighted by molar-refractivity contribution is 8.00. The summed E-state index contributed by atoms with van der Waals surface area (Å²) in [4.78, 5) is 25.0. The third-order valence-corrected chi connectivity index (χ3v) is 5.41. The molecule has 25 heavy (non-hydrogen) atoms. The Morgan fingerprint density at radius 1 is 1.24 bits per heavy atom. The molecule has 7 heteroatoms. The summed E-state index contributed by atoms with van der Waals surface area (Å²) in [6.07, 6.45) is 3.26. The second kappa shape index (κ2) is 6.00. The van der Waals surface area contributed by atoms with Gasteiger partial charge < -0.3 is 4.98 Å². The smallest absolute Gasteiger partial charge is 0.178 e. The highest BCUT2D eigenvalue weighted by atomic mass is 32.2. The minimum atomic E-state index is -0.267. The van der Waals surface area contributed by atoms with Gasteiger partial charge in [0.1, 0.15) is 11.4 Å². The molecule has 0 amide bonds. The third-order valence-electron chi connectivity index (χ3n) is 4.29. The first kappa shape index (κ1) is 15.8. The van der Waals surface area contributed by atoms with Gasteiger partial charge in [-0.05, 0) is 19.9 Å². The number of hydrogen-bond donors (Lipinski definition) is 1. The van der Waals surface area contributed by atoms with E-state index in [2.05, 4.69) is 20.1 Å². The van der Waals surface area contributed by atoms with Crippen LogP contribution in [0.25, 0.3) is 21.9 Å². The highest BCUT2D eigenvalue weighted by Crippen LogP contribution is 2.31. The van der Waals surface area contributed by atoms with Crippen LogP contribution in [0.4, 0.5) is 0 Å². The molecule has 0 saturated carbocycles. The molecule has 1 N–H and O–H groups in total. The van der Waals surface area contributed by atoms with E-state index in [9.17, 15) is 4.79 Å². The number of aromatic amines is 1. The van der Waals surface area contributed by atoms with E-state index < -0.39 is 0 Å². The van der Waals surface area contributed by atoms with E-state index >= 15 is 0 Å². The van der Waals surface area contributed by atoms with E-state index in [-0.39, 0.29) is 11.0 Å². The molecule has 0 fully saturated rings. The summed E-state index contributed by atoms with van der Waals surface area (Å²) < 4.78 is 1.71. The van der Waals surface area contributed by atoms with Crippen molar-refractivity contribution in [2.24, 2.45) is 7.05 Å². The second-order valence-corrected chi connectivity index (χ2v) is 7.31. The van der Waals surface area contributed by atoms with Gasteiger partial charge in [-0.3, -0.25) is 9.48 Å². The normalized spacial score (nSPS) is 12.8. The van der Waals surface area contributed by atoms with Crippen molar-refractivity contribution in [2.45, 2.75) is 24.1 Å². The van der Waals surface area contributed by atoms with Gasteiger partial charge >= 0.3 is 0 Å². The lowest BCUT2D eigenvalue weighted by molar-refractivity contribution is 0.0995. The number of H-pyrrole nitrogens is 1. The van der Waals surface area contributed by atoms with Crippen molar-refractivity contribution in [3.05, 3.63) is 48.0 Å². The molecular formula is C18H17N5OS. The van der Waals surface area contributed by atoms with Crippen LogP contribution in [0.15, 0.2) is 41.8 Å². The second-order valence-electron chi connectivity index (χ2n) is 5.98. The number of nitrogens with one attached hydrogen (secondary N) is 1. The average Bonchev–Trinajstić information content (AvgIpc) is 3.14. The SMILES string of the molecule is Cc1[nH]c2ccccc2c1C(=O)C(C)Sc1ncnc2c1cnn2C. The van der Waals surface area contributed by atoms with Crippen molar-refractivity contribution in [2.75, 3.05) is 0 Å². The lowest BCUT2D eigenvalue weighted by Gasteiger charge is -2.10. The Morgan fingerprint density at radius 2 is 2.04 bits per heavy atom. The number of aryl methyl sites for hydroxylation is 2. The molecule has 126 valence electrons.